The van der Waals surface area contributed by atoms with Gasteiger partial charge in [0.1, 0.15) is 0 Å². The number of carboxylic acids is 1. The maximum atomic E-state index is 11.5. The van der Waals surface area contributed by atoms with Crippen molar-refractivity contribution >= 4 is 11.9 Å². The van der Waals surface area contributed by atoms with Gasteiger partial charge in [-0.05, 0) is 30.5 Å². The fraction of sp³-hybridized carbons (Fsp3) is 0.385. The van der Waals surface area contributed by atoms with Crippen LogP contribution in [0.25, 0.3) is 0 Å². The number of hydrogen-bond acceptors (Lipinski definition) is 3. The van der Waals surface area contributed by atoms with Crippen molar-refractivity contribution in [1.29, 1.82) is 0 Å². The van der Waals surface area contributed by atoms with Crippen molar-refractivity contribution in [2.45, 2.75) is 26.2 Å². The lowest BCUT2D eigenvalue weighted by molar-refractivity contribution is -0.136. The number of benzene rings is 1. The van der Waals surface area contributed by atoms with Gasteiger partial charge in [0.2, 0.25) is 0 Å². The Kier molecular flexibility index (Phi) is 5.20. The molecule has 0 atom stereocenters. The maximum Gasteiger partial charge on any atom is 0.338 e. The van der Waals surface area contributed by atoms with Crippen LogP contribution in [0.2, 0.25) is 0 Å². The second kappa shape index (κ2) is 6.68. The SMILES string of the molecule is CCCOC(=O)c1ccc(CCC(=O)O)cc1. The van der Waals surface area contributed by atoms with Crippen molar-refractivity contribution < 1.29 is 19.4 Å². The Labute approximate surface area is 100 Å². The van der Waals surface area contributed by atoms with Crippen molar-refractivity contribution in [1.82, 2.24) is 0 Å². The van der Waals surface area contributed by atoms with E-state index in [1.807, 2.05) is 6.92 Å². The molecule has 1 aromatic carbocycles. The van der Waals surface area contributed by atoms with Crippen LogP contribution in [-0.2, 0) is 16.0 Å². The van der Waals surface area contributed by atoms with Crippen LogP contribution in [-0.4, -0.2) is 23.7 Å². The minimum Gasteiger partial charge on any atom is -0.481 e. The molecule has 17 heavy (non-hydrogen) atoms. The summed E-state index contributed by atoms with van der Waals surface area (Å²) < 4.78 is 4.98. The van der Waals surface area contributed by atoms with Crippen LogP contribution in [0.4, 0.5) is 0 Å². The molecule has 0 aliphatic carbocycles. The normalized spacial score (nSPS) is 9.94. The zero-order valence-corrected chi connectivity index (χ0v) is 9.81. The predicted octanol–water partition coefficient (Wildman–Crippen LogP) is 2.27. The molecule has 1 N–H and O–H groups in total. The maximum absolute atomic E-state index is 11.5. The summed E-state index contributed by atoms with van der Waals surface area (Å²) in [6.45, 7) is 2.35. The lowest BCUT2D eigenvalue weighted by atomic mass is 10.1. The predicted molar refractivity (Wildman–Crippen MR) is 63.0 cm³/mol. The molecule has 0 saturated heterocycles. The Morgan fingerprint density at radius 3 is 2.41 bits per heavy atom. The van der Waals surface area contributed by atoms with E-state index in [1.165, 1.54) is 0 Å². The van der Waals surface area contributed by atoms with Gasteiger partial charge in [-0.3, -0.25) is 4.79 Å². The Hall–Kier alpha value is -1.84. The van der Waals surface area contributed by atoms with Crippen LogP contribution in [0.1, 0.15) is 35.7 Å². The molecule has 0 unspecified atom stereocenters. The zero-order chi connectivity index (χ0) is 12.7. The smallest absolute Gasteiger partial charge is 0.338 e. The summed E-state index contributed by atoms with van der Waals surface area (Å²) in [5, 5.41) is 8.54. The first-order valence-electron chi connectivity index (χ1n) is 5.61. The number of rotatable bonds is 6. The van der Waals surface area contributed by atoms with Gasteiger partial charge in [-0.1, -0.05) is 19.1 Å². The van der Waals surface area contributed by atoms with E-state index in [0.29, 0.717) is 18.6 Å². The minimum absolute atomic E-state index is 0.0969. The third-order valence-electron chi connectivity index (χ3n) is 2.25. The molecule has 0 amide bonds. The van der Waals surface area contributed by atoms with Crippen molar-refractivity contribution in [3.63, 3.8) is 0 Å². The molecule has 0 spiro atoms. The van der Waals surface area contributed by atoms with Crippen LogP contribution in [0, 0.1) is 0 Å². The van der Waals surface area contributed by atoms with E-state index in [-0.39, 0.29) is 12.4 Å². The summed E-state index contributed by atoms with van der Waals surface area (Å²) in [7, 11) is 0. The van der Waals surface area contributed by atoms with Crippen molar-refractivity contribution in [2.24, 2.45) is 0 Å². The van der Waals surface area contributed by atoms with Crippen molar-refractivity contribution in [3.8, 4) is 0 Å². The molecule has 4 nitrogen and oxygen atoms in total. The van der Waals surface area contributed by atoms with E-state index in [0.717, 1.165) is 12.0 Å². The first-order valence-corrected chi connectivity index (χ1v) is 5.61. The van der Waals surface area contributed by atoms with Crippen LogP contribution in [0.15, 0.2) is 24.3 Å². The number of esters is 1. The standard InChI is InChI=1S/C13H16O4/c1-2-9-17-13(16)11-6-3-10(4-7-11)5-8-12(14)15/h3-4,6-7H,2,5,8-9H2,1H3,(H,14,15). The average molecular weight is 236 g/mol. The molecule has 0 radical (unpaired) electrons. The third-order valence-corrected chi connectivity index (χ3v) is 2.25. The summed E-state index contributed by atoms with van der Waals surface area (Å²) >= 11 is 0. The monoisotopic (exact) mass is 236 g/mol. The summed E-state index contributed by atoms with van der Waals surface area (Å²) in [4.78, 5) is 21.9. The zero-order valence-electron chi connectivity index (χ0n) is 9.81. The third kappa shape index (κ3) is 4.68. The first kappa shape index (κ1) is 13.2. The molecule has 0 fully saturated rings. The molecular weight excluding hydrogens is 220 g/mol. The summed E-state index contributed by atoms with van der Waals surface area (Å²) in [5.41, 5.74) is 1.40. The minimum atomic E-state index is -0.823. The van der Waals surface area contributed by atoms with Gasteiger partial charge in [0.05, 0.1) is 12.2 Å². The van der Waals surface area contributed by atoms with Crippen LogP contribution in [0.5, 0.6) is 0 Å². The molecule has 0 aliphatic heterocycles. The number of carboxylic acid groups (broad SMARTS) is 1. The lowest BCUT2D eigenvalue weighted by Gasteiger charge is -2.04. The number of ether oxygens (including phenoxy) is 1. The highest BCUT2D eigenvalue weighted by molar-refractivity contribution is 5.89. The quantitative estimate of drug-likeness (QED) is 0.769. The van der Waals surface area contributed by atoms with Gasteiger partial charge >= 0.3 is 11.9 Å². The lowest BCUT2D eigenvalue weighted by Crippen LogP contribution is -2.06. The van der Waals surface area contributed by atoms with Gasteiger partial charge in [-0.2, -0.15) is 0 Å². The fourth-order valence-corrected chi connectivity index (χ4v) is 1.34. The number of aliphatic carboxylic acids is 1. The van der Waals surface area contributed by atoms with Gasteiger partial charge < -0.3 is 9.84 Å². The van der Waals surface area contributed by atoms with Gasteiger partial charge in [0.25, 0.3) is 0 Å². The van der Waals surface area contributed by atoms with Crippen LogP contribution < -0.4 is 0 Å². The van der Waals surface area contributed by atoms with E-state index < -0.39 is 5.97 Å². The van der Waals surface area contributed by atoms with Crippen molar-refractivity contribution in [3.05, 3.63) is 35.4 Å². The van der Waals surface area contributed by atoms with Gasteiger partial charge in [-0.25, -0.2) is 4.79 Å². The number of hydrogen-bond donors (Lipinski definition) is 1. The Morgan fingerprint density at radius 1 is 1.24 bits per heavy atom. The number of aryl methyl sites for hydroxylation is 1. The molecule has 0 bridgehead atoms. The van der Waals surface area contributed by atoms with E-state index in [9.17, 15) is 9.59 Å². The highest BCUT2D eigenvalue weighted by Crippen LogP contribution is 2.08. The Bertz CT molecular complexity index is 381. The van der Waals surface area contributed by atoms with Crippen LogP contribution in [0.3, 0.4) is 0 Å². The average Bonchev–Trinajstić information content (AvgIpc) is 2.34. The largest absolute Gasteiger partial charge is 0.481 e. The molecular formula is C13H16O4. The van der Waals surface area contributed by atoms with Gasteiger partial charge in [-0.15, -0.1) is 0 Å². The molecule has 1 rings (SSSR count). The van der Waals surface area contributed by atoms with E-state index in [2.05, 4.69) is 0 Å². The molecule has 0 heterocycles. The molecule has 1 aromatic rings. The summed E-state index contributed by atoms with van der Waals surface area (Å²) in [6, 6.07) is 6.83. The highest BCUT2D eigenvalue weighted by Gasteiger charge is 2.06. The fourth-order valence-electron chi connectivity index (χ4n) is 1.34. The molecule has 0 saturated carbocycles. The van der Waals surface area contributed by atoms with Crippen LogP contribution >= 0.6 is 0 Å². The van der Waals surface area contributed by atoms with Gasteiger partial charge in [0.15, 0.2) is 0 Å². The van der Waals surface area contributed by atoms with E-state index >= 15 is 0 Å². The Balaban J connectivity index is 2.55. The summed E-state index contributed by atoms with van der Waals surface area (Å²) in [5.74, 6) is -1.16. The van der Waals surface area contributed by atoms with E-state index in [4.69, 9.17) is 9.84 Å². The topological polar surface area (TPSA) is 63.6 Å². The molecule has 4 heteroatoms. The second-order valence-electron chi connectivity index (χ2n) is 3.73. The molecule has 92 valence electrons. The highest BCUT2D eigenvalue weighted by atomic mass is 16.5. The first-order chi connectivity index (χ1) is 8.13. The second-order valence-corrected chi connectivity index (χ2v) is 3.73. The molecule has 0 aromatic heterocycles. The van der Waals surface area contributed by atoms with Crippen molar-refractivity contribution in [2.75, 3.05) is 6.61 Å². The Morgan fingerprint density at radius 2 is 1.88 bits per heavy atom. The number of carbonyl (C=O) groups is 2. The van der Waals surface area contributed by atoms with E-state index in [1.54, 1.807) is 24.3 Å². The number of carbonyl (C=O) groups excluding carboxylic acids is 1. The molecule has 0 aliphatic rings. The van der Waals surface area contributed by atoms with Gasteiger partial charge in [0, 0.05) is 6.42 Å². The summed E-state index contributed by atoms with van der Waals surface area (Å²) in [6.07, 6.45) is 1.36.